The van der Waals surface area contributed by atoms with Crippen molar-refractivity contribution in [2.45, 2.75) is 18.9 Å². The Labute approximate surface area is 99.8 Å². The molecule has 0 aliphatic carbocycles. The molecule has 1 aromatic carbocycles. The van der Waals surface area contributed by atoms with Gasteiger partial charge in [-0.2, -0.15) is 0 Å². The van der Waals surface area contributed by atoms with E-state index in [1.54, 1.807) is 0 Å². The zero-order valence-corrected chi connectivity index (χ0v) is 9.78. The van der Waals surface area contributed by atoms with Gasteiger partial charge in [0.2, 0.25) is 0 Å². The van der Waals surface area contributed by atoms with Crippen LogP contribution in [0.4, 0.5) is 0 Å². The van der Waals surface area contributed by atoms with Crippen molar-refractivity contribution in [3.63, 3.8) is 0 Å². The third kappa shape index (κ3) is 1.62. The number of hydrogen-bond acceptors (Lipinski definition) is 1. The van der Waals surface area contributed by atoms with Crippen LogP contribution < -0.4 is 0 Å². The second-order valence-corrected chi connectivity index (χ2v) is 4.67. The largest absolute Gasteiger partial charge is 0.379 e. The van der Waals surface area contributed by atoms with Crippen LogP contribution in [-0.4, -0.2) is 17.8 Å². The average molecular weight is 236 g/mol. The van der Waals surface area contributed by atoms with Crippen molar-refractivity contribution in [3.05, 3.63) is 35.5 Å². The molecule has 1 aromatic heterocycles. The van der Waals surface area contributed by atoms with E-state index in [4.69, 9.17) is 16.3 Å². The Bertz CT molecular complexity index is 500. The van der Waals surface area contributed by atoms with Gasteiger partial charge in [0, 0.05) is 28.7 Å². The van der Waals surface area contributed by atoms with Crippen molar-refractivity contribution in [1.29, 1.82) is 0 Å². The highest BCUT2D eigenvalue weighted by atomic mass is 35.5. The third-order valence-corrected chi connectivity index (χ3v) is 3.57. The van der Waals surface area contributed by atoms with Crippen LogP contribution in [0.1, 0.15) is 18.9 Å². The smallest absolute Gasteiger partial charge is 0.0673 e. The zero-order valence-electron chi connectivity index (χ0n) is 9.03. The van der Waals surface area contributed by atoms with Crippen molar-refractivity contribution in [3.8, 4) is 0 Å². The molecule has 0 N–H and O–H groups in total. The van der Waals surface area contributed by atoms with Crippen LogP contribution in [-0.2, 0) is 4.74 Å². The molecule has 3 heteroatoms. The van der Waals surface area contributed by atoms with Crippen LogP contribution >= 0.6 is 11.6 Å². The summed E-state index contributed by atoms with van der Waals surface area (Å²) in [6.07, 6.45) is 4.46. The minimum absolute atomic E-state index is 0.463. The number of nitrogens with zero attached hydrogens (tertiary/aromatic N) is 1. The fourth-order valence-corrected chi connectivity index (χ4v) is 2.64. The summed E-state index contributed by atoms with van der Waals surface area (Å²) in [5.41, 5.74) is 1.21. The Morgan fingerprint density at radius 1 is 1.31 bits per heavy atom. The number of aromatic nitrogens is 1. The lowest BCUT2D eigenvalue weighted by molar-refractivity contribution is 0.0606. The topological polar surface area (TPSA) is 14.2 Å². The summed E-state index contributed by atoms with van der Waals surface area (Å²) in [6, 6.07) is 8.61. The van der Waals surface area contributed by atoms with Gasteiger partial charge in [-0.25, -0.2) is 0 Å². The number of fused-ring (bicyclic) bond motifs is 1. The SMILES string of the molecule is Clc1cccc2c1ccn2C1CCCOC1. The lowest BCUT2D eigenvalue weighted by atomic mass is 10.1. The standard InChI is InChI=1S/C13H14ClNO/c14-12-4-1-5-13-11(12)6-7-15(13)10-3-2-8-16-9-10/h1,4-7,10H,2-3,8-9H2. The van der Waals surface area contributed by atoms with Gasteiger partial charge in [-0.1, -0.05) is 17.7 Å². The summed E-state index contributed by atoms with van der Waals surface area (Å²) in [5.74, 6) is 0. The van der Waals surface area contributed by atoms with Crippen molar-refractivity contribution in [2.24, 2.45) is 0 Å². The normalized spacial score (nSPS) is 21.4. The number of ether oxygens (including phenoxy) is 1. The van der Waals surface area contributed by atoms with Crippen molar-refractivity contribution in [2.75, 3.05) is 13.2 Å². The quantitative estimate of drug-likeness (QED) is 0.736. The molecule has 1 saturated heterocycles. The molecule has 1 aliphatic rings. The van der Waals surface area contributed by atoms with Crippen LogP contribution in [0.5, 0.6) is 0 Å². The second kappa shape index (κ2) is 4.11. The molecule has 2 nitrogen and oxygen atoms in total. The van der Waals surface area contributed by atoms with Crippen LogP contribution in [0.15, 0.2) is 30.5 Å². The molecule has 0 bridgehead atoms. The second-order valence-electron chi connectivity index (χ2n) is 4.27. The first-order chi connectivity index (χ1) is 7.86. The first-order valence-corrected chi connectivity index (χ1v) is 6.07. The Kier molecular flexibility index (Phi) is 2.62. The van der Waals surface area contributed by atoms with Gasteiger partial charge in [0.15, 0.2) is 0 Å². The highest BCUT2D eigenvalue weighted by molar-refractivity contribution is 6.35. The summed E-state index contributed by atoms with van der Waals surface area (Å²) in [5, 5.41) is 1.96. The molecule has 16 heavy (non-hydrogen) atoms. The Hall–Kier alpha value is -0.990. The molecule has 1 aliphatic heterocycles. The first-order valence-electron chi connectivity index (χ1n) is 5.69. The number of benzene rings is 1. The van der Waals surface area contributed by atoms with E-state index in [0.717, 1.165) is 30.0 Å². The fourth-order valence-electron chi connectivity index (χ4n) is 2.41. The number of halogens is 1. The molecule has 0 radical (unpaired) electrons. The number of rotatable bonds is 1. The first kappa shape index (κ1) is 10.2. The highest BCUT2D eigenvalue weighted by Gasteiger charge is 2.17. The molecule has 1 unspecified atom stereocenters. The van der Waals surface area contributed by atoms with Gasteiger partial charge in [-0.05, 0) is 31.0 Å². The molecule has 0 spiro atoms. The van der Waals surface area contributed by atoms with Gasteiger partial charge < -0.3 is 9.30 Å². The van der Waals surface area contributed by atoms with E-state index < -0.39 is 0 Å². The van der Waals surface area contributed by atoms with E-state index in [1.807, 2.05) is 12.1 Å². The molecule has 0 amide bonds. The van der Waals surface area contributed by atoms with E-state index in [9.17, 15) is 0 Å². The van der Waals surface area contributed by atoms with Crippen molar-refractivity contribution < 1.29 is 4.74 Å². The maximum atomic E-state index is 6.16. The summed E-state index contributed by atoms with van der Waals surface area (Å²) >= 11 is 6.16. The summed E-state index contributed by atoms with van der Waals surface area (Å²) in [7, 11) is 0. The minimum atomic E-state index is 0.463. The molecule has 1 fully saturated rings. The predicted octanol–water partition coefficient (Wildman–Crippen LogP) is 3.65. The third-order valence-electron chi connectivity index (χ3n) is 3.24. The molecule has 3 rings (SSSR count). The molecule has 84 valence electrons. The van der Waals surface area contributed by atoms with Crippen molar-refractivity contribution in [1.82, 2.24) is 4.57 Å². The van der Waals surface area contributed by atoms with Crippen molar-refractivity contribution >= 4 is 22.5 Å². The van der Waals surface area contributed by atoms with Gasteiger partial charge in [-0.3, -0.25) is 0 Å². The maximum Gasteiger partial charge on any atom is 0.0673 e. The van der Waals surface area contributed by atoms with Gasteiger partial charge in [0.05, 0.1) is 12.6 Å². The van der Waals surface area contributed by atoms with E-state index >= 15 is 0 Å². The molecule has 2 heterocycles. The zero-order chi connectivity index (χ0) is 11.0. The summed E-state index contributed by atoms with van der Waals surface area (Å²) in [6.45, 7) is 1.72. The number of hydrogen-bond donors (Lipinski definition) is 0. The van der Waals surface area contributed by atoms with Crippen LogP contribution in [0, 0.1) is 0 Å². The van der Waals surface area contributed by atoms with Crippen LogP contribution in [0.2, 0.25) is 5.02 Å². The van der Waals surface area contributed by atoms with E-state index in [2.05, 4.69) is 22.9 Å². The predicted molar refractivity (Wildman–Crippen MR) is 66.0 cm³/mol. The van der Waals surface area contributed by atoms with E-state index in [1.165, 1.54) is 11.9 Å². The molecular formula is C13H14ClNO. The highest BCUT2D eigenvalue weighted by Crippen LogP contribution is 2.29. The lowest BCUT2D eigenvalue weighted by Crippen LogP contribution is -2.20. The maximum absolute atomic E-state index is 6.16. The van der Waals surface area contributed by atoms with Crippen LogP contribution in [0.3, 0.4) is 0 Å². The van der Waals surface area contributed by atoms with Gasteiger partial charge in [-0.15, -0.1) is 0 Å². The summed E-state index contributed by atoms with van der Waals surface area (Å²) in [4.78, 5) is 0. The Balaban J connectivity index is 2.06. The minimum Gasteiger partial charge on any atom is -0.379 e. The molecule has 0 saturated carbocycles. The van der Waals surface area contributed by atoms with Gasteiger partial charge >= 0.3 is 0 Å². The van der Waals surface area contributed by atoms with Gasteiger partial charge in [0.1, 0.15) is 0 Å². The fraction of sp³-hybridized carbons (Fsp3) is 0.385. The van der Waals surface area contributed by atoms with E-state index in [0.29, 0.717) is 6.04 Å². The lowest BCUT2D eigenvalue weighted by Gasteiger charge is -2.24. The molecule has 2 aromatic rings. The van der Waals surface area contributed by atoms with Crippen LogP contribution in [0.25, 0.3) is 10.9 Å². The van der Waals surface area contributed by atoms with E-state index in [-0.39, 0.29) is 0 Å². The Morgan fingerprint density at radius 2 is 2.25 bits per heavy atom. The molecule has 1 atom stereocenters. The molecular weight excluding hydrogens is 222 g/mol. The van der Waals surface area contributed by atoms with Gasteiger partial charge in [0.25, 0.3) is 0 Å². The average Bonchev–Trinajstić information content (AvgIpc) is 2.75. The summed E-state index contributed by atoms with van der Waals surface area (Å²) < 4.78 is 7.82. The Morgan fingerprint density at radius 3 is 3.06 bits per heavy atom. The monoisotopic (exact) mass is 235 g/mol.